The molecular weight excluding hydrogens is 364 g/mol. The Labute approximate surface area is 183 Å². The SMILES string of the molecule is CCCCCc1ccc(C#C/C=C/C2CCC(c3ccc(OCC)cc3)CC2)cc1. The molecule has 1 fully saturated rings. The van der Waals surface area contributed by atoms with Crippen LogP contribution in [0, 0.1) is 17.8 Å². The van der Waals surface area contributed by atoms with E-state index in [1.54, 1.807) is 0 Å². The Bertz CT molecular complexity index is 825. The highest BCUT2D eigenvalue weighted by molar-refractivity contribution is 5.38. The highest BCUT2D eigenvalue weighted by atomic mass is 16.5. The predicted octanol–water partition coefficient (Wildman–Crippen LogP) is 7.70. The van der Waals surface area contributed by atoms with Gasteiger partial charge in [-0.25, -0.2) is 0 Å². The molecule has 0 saturated heterocycles. The summed E-state index contributed by atoms with van der Waals surface area (Å²) in [5.74, 6) is 8.85. The molecule has 0 radical (unpaired) electrons. The average molecular weight is 401 g/mol. The number of hydrogen-bond acceptors (Lipinski definition) is 1. The zero-order valence-corrected chi connectivity index (χ0v) is 18.7. The monoisotopic (exact) mass is 400 g/mol. The first-order valence-electron chi connectivity index (χ1n) is 11.8. The summed E-state index contributed by atoms with van der Waals surface area (Å²) in [4.78, 5) is 0. The largest absolute Gasteiger partial charge is 0.494 e. The minimum atomic E-state index is 0.666. The summed E-state index contributed by atoms with van der Waals surface area (Å²) in [6.07, 6.45) is 14.5. The molecule has 1 saturated carbocycles. The van der Waals surface area contributed by atoms with Crippen LogP contribution in [0.3, 0.4) is 0 Å². The number of benzene rings is 2. The first kappa shape index (κ1) is 22.2. The van der Waals surface area contributed by atoms with Crippen LogP contribution in [0.1, 0.15) is 81.4 Å². The van der Waals surface area contributed by atoms with Crippen molar-refractivity contribution in [2.75, 3.05) is 6.61 Å². The molecule has 1 aliphatic rings. The number of aryl methyl sites for hydroxylation is 1. The molecule has 1 aliphatic carbocycles. The number of ether oxygens (including phenoxy) is 1. The lowest BCUT2D eigenvalue weighted by Crippen LogP contribution is -2.11. The predicted molar refractivity (Wildman–Crippen MR) is 128 cm³/mol. The Morgan fingerprint density at radius 2 is 1.63 bits per heavy atom. The molecule has 0 aromatic heterocycles. The summed E-state index contributed by atoms with van der Waals surface area (Å²) in [5.41, 5.74) is 3.99. The van der Waals surface area contributed by atoms with Gasteiger partial charge in [-0.05, 0) is 98.8 Å². The Morgan fingerprint density at radius 3 is 2.30 bits per heavy atom. The molecule has 3 rings (SSSR count). The van der Waals surface area contributed by atoms with Gasteiger partial charge in [-0.3, -0.25) is 0 Å². The maximum atomic E-state index is 5.56. The second-order valence-electron chi connectivity index (χ2n) is 8.40. The number of unbranched alkanes of at least 4 members (excludes halogenated alkanes) is 2. The fraction of sp³-hybridized carbons (Fsp3) is 0.448. The zero-order valence-electron chi connectivity index (χ0n) is 18.7. The van der Waals surface area contributed by atoms with Gasteiger partial charge in [0.15, 0.2) is 0 Å². The minimum Gasteiger partial charge on any atom is -0.494 e. The van der Waals surface area contributed by atoms with Crippen LogP contribution in [0.15, 0.2) is 60.7 Å². The van der Waals surface area contributed by atoms with E-state index in [-0.39, 0.29) is 0 Å². The second kappa shape index (κ2) is 12.3. The second-order valence-corrected chi connectivity index (χ2v) is 8.40. The quantitative estimate of drug-likeness (QED) is 0.326. The van der Waals surface area contributed by atoms with Crippen LogP contribution in [0.25, 0.3) is 0 Å². The number of hydrogen-bond donors (Lipinski definition) is 0. The molecule has 1 heteroatoms. The van der Waals surface area contributed by atoms with Gasteiger partial charge in [-0.15, -0.1) is 0 Å². The summed E-state index contributed by atoms with van der Waals surface area (Å²) < 4.78 is 5.56. The Hall–Kier alpha value is -2.46. The lowest BCUT2D eigenvalue weighted by molar-refractivity contribution is 0.339. The van der Waals surface area contributed by atoms with Crippen molar-refractivity contribution >= 4 is 0 Å². The summed E-state index contributed by atoms with van der Waals surface area (Å²) in [6, 6.07) is 17.5. The molecular formula is C29H36O. The maximum Gasteiger partial charge on any atom is 0.119 e. The number of allylic oxidation sites excluding steroid dienone is 2. The summed E-state index contributed by atoms with van der Waals surface area (Å²) in [6.45, 7) is 5.00. The zero-order chi connectivity index (χ0) is 21.0. The Kier molecular flexibility index (Phi) is 9.10. The highest BCUT2D eigenvalue weighted by Crippen LogP contribution is 2.36. The molecule has 0 atom stereocenters. The van der Waals surface area contributed by atoms with Crippen molar-refractivity contribution in [1.82, 2.24) is 0 Å². The molecule has 2 aromatic carbocycles. The van der Waals surface area contributed by atoms with Gasteiger partial charge in [0.2, 0.25) is 0 Å². The molecule has 0 spiro atoms. The Morgan fingerprint density at radius 1 is 0.900 bits per heavy atom. The van der Waals surface area contributed by atoms with Crippen LogP contribution < -0.4 is 4.74 Å². The standard InChI is InChI=1S/C29H36O/c1-3-5-6-9-24-12-14-25(15-13-24)10-7-8-11-26-16-18-27(19-17-26)28-20-22-29(23-21-28)30-4-2/h8,11-15,20-23,26-27H,3-6,9,16-19H2,1-2H3/b11-8+. The minimum absolute atomic E-state index is 0.666. The van der Waals surface area contributed by atoms with Gasteiger partial charge >= 0.3 is 0 Å². The van der Waals surface area contributed by atoms with Crippen LogP contribution in [0.5, 0.6) is 5.75 Å². The van der Waals surface area contributed by atoms with Crippen LogP contribution in [0.4, 0.5) is 0 Å². The van der Waals surface area contributed by atoms with Crippen molar-refractivity contribution in [3.05, 3.63) is 77.4 Å². The van der Waals surface area contributed by atoms with Gasteiger partial charge in [0.25, 0.3) is 0 Å². The van der Waals surface area contributed by atoms with Gasteiger partial charge in [0, 0.05) is 5.56 Å². The maximum absolute atomic E-state index is 5.56. The van der Waals surface area contributed by atoms with E-state index in [0.29, 0.717) is 11.8 Å². The topological polar surface area (TPSA) is 9.23 Å². The Balaban J connectivity index is 1.43. The molecule has 1 nitrogen and oxygen atoms in total. The third kappa shape index (κ3) is 7.10. The third-order valence-corrected chi connectivity index (χ3v) is 6.13. The summed E-state index contributed by atoms with van der Waals surface area (Å²) in [5, 5.41) is 0. The van der Waals surface area contributed by atoms with E-state index in [0.717, 1.165) is 17.9 Å². The molecule has 0 unspecified atom stereocenters. The third-order valence-electron chi connectivity index (χ3n) is 6.13. The molecule has 0 N–H and O–H groups in total. The van der Waals surface area contributed by atoms with Crippen molar-refractivity contribution in [2.45, 2.75) is 71.1 Å². The van der Waals surface area contributed by atoms with E-state index in [2.05, 4.69) is 79.4 Å². The summed E-state index contributed by atoms with van der Waals surface area (Å²) in [7, 11) is 0. The van der Waals surface area contributed by atoms with E-state index in [4.69, 9.17) is 4.74 Å². The van der Waals surface area contributed by atoms with Crippen molar-refractivity contribution < 1.29 is 4.74 Å². The smallest absolute Gasteiger partial charge is 0.119 e. The molecule has 0 aliphatic heterocycles. The van der Waals surface area contributed by atoms with Gasteiger partial charge in [0.05, 0.1) is 6.61 Å². The van der Waals surface area contributed by atoms with Crippen molar-refractivity contribution in [3.8, 4) is 17.6 Å². The normalized spacial score (nSPS) is 18.7. The highest BCUT2D eigenvalue weighted by Gasteiger charge is 2.20. The van der Waals surface area contributed by atoms with Crippen molar-refractivity contribution in [2.24, 2.45) is 5.92 Å². The van der Waals surface area contributed by atoms with Crippen molar-refractivity contribution in [3.63, 3.8) is 0 Å². The molecule has 0 bridgehead atoms. The van der Waals surface area contributed by atoms with E-state index in [1.165, 1.54) is 62.5 Å². The lowest BCUT2D eigenvalue weighted by Gasteiger charge is -2.27. The lowest BCUT2D eigenvalue weighted by atomic mass is 9.78. The van der Waals surface area contributed by atoms with E-state index < -0.39 is 0 Å². The van der Waals surface area contributed by atoms with Crippen LogP contribution in [-0.4, -0.2) is 6.61 Å². The van der Waals surface area contributed by atoms with Gasteiger partial charge in [-0.1, -0.05) is 61.9 Å². The molecule has 0 heterocycles. The number of rotatable bonds is 8. The fourth-order valence-electron chi connectivity index (χ4n) is 4.29. The fourth-order valence-corrected chi connectivity index (χ4v) is 4.29. The summed E-state index contributed by atoms with van der Waals surface area (Å²) >= 11 is 0. The van der Waals surface area contributed by atoms with Gasteiger partial charge in [0.1, 0.15) is 5.75 Å². The van der Waals surface area contributed by atoms with E-state index in [1.807, 2.05) is 6.92 Å². The van der Waals surface area contributed by atoms with Crippen molar-refractivity contribution in [1.29, 1.82) is 0 Å². The van der Waals surface area contributed by atoms with E-state index >= 15 is 0 Å². The van der Waals surface area contributed by atoms with E-state index in [9.17, 15) is 0 Å². The average Bonchev–Trinajstić information content (AvgIpc) is 2.79. The van der Waals surface area contributed by atoms with Crippen LogP contribution in [-0.2, 0) is 6.42 Å². The molecule has 30 heavy (non-hydrogen) atoms. The molecule has 0 amide bonds. The van der Waals surface area contributed by atoms with Crippen LogP contribution in [0.2, 0.25) is 0 Å². The van der Waals surface area contributed by atoms with Crippen LogP contribution >= 0.6 is 0 Å². The first-order valence-corrected chi connectivity index (χ1v) is 11.8. The van der Waals surface area contributed by atoms with Gasteiger partial charge < -0.3 is 4.74 Å². The van der Waals surface area contributed by atoms with Gasteiger partial charge in [-0.2, -0.15) is 0 Å². The molecule has 2 aromatic rings. The first-order chi connectivity index (χ1) is 14.8. The molecule has 158 valence electrons.